The Morgan fingerprint density at radius 3 is 2.83 bits per heavy atom. The number of aromatic nitrogens is 3. The molecular formula is C20H17AsFN5O3. The van der Waals surface area contributed by atoms with Gasteiger partial charge < -0.3 is 5.11 Å². The summed E-state index contributed by atoms with van der Waals surface area (Å²) < 4.78 is 13.9. The number of pyridine rings is 3. The maximum absolute atomic E-state index is 13.1. The largest absolute Gasteiger partial charge is 0.483 e. The Bertz CT molecular complexity index is 1140. The molecule has 3 N–H and O–H groups in total. The number of amides is 1. The first kappa shape index (κ1) is 20.2. The van der Waals surface area contributed by atoms with Gasteiger partial charge in [-0.25, -0.2) is 0 Å². The Kier molecular flexibility index (Phi) is 5.63. The molecule has 0 aromatic carbocycles. The number of carboxylic acid groups (broad SMARTS) is 1. The van der Waals surface area contributed by atoms with E-state index in [9.17, 15) is 9.18 Å². The molecule has 1 aliphatic heterocycles. The predicted molar refractivity (Wildman–Crippen MR) is 111 cm³/mol. The molecule has 4 heterocycles. The summed E-state index contributed by atoms with van der Waals surface area (Å²) in [6.07, 6.45) is 5.56. The van der Waals surface area contributed by atoms with Crippen LogP contribution >= 0.6 is 0 Å². The summed E-state index contributed by atoms with van der Waals surface area (Å²) in [5.74, 6) is -0.430. The van der Waals surface area contributed by atoms with Crippen LogP contribution in [0.5, 0.6) is 0 Å². The molecule has 5 rings (SSSR count). The van der Waals surface area contributed by atoms with Gasteiger partial charge in [-0.2, -0.15) is 0 Å². The third kappa shape index (κ3) is 3.98. The topological polar surface area (TPSA) is 117 Å². The minimum Gasteiger partial charge on any atom is -0.483 e. The maximum Gasteiger partial charge on any atom is 0.290 e. The average Bonchev–Trinajstić information content (AvgIpc) is 3.26. The fourth-order valence-electron chi connectivity index (χ4n) is 3.44. The molecule has 8 nitrogen and oxygen atoms in total. The summed E-state index contributed by atoms with van der Waals surface area (Å²) in [6, 6.07) is 3.79. The van der Waals surface area contributed by atoms with Crippen LogP contribution in [0.2, 0.25) is 0 Å². The van der Waals surface area contributed by atoms with E-state index in [0.29, 0.717) is 12.2 Å². The summed E-state index contributed by atoms with van der Waals surface area (Å²) in [5, 5.41) is 14.7. The van der Waals surface area contributed by atoms with E-state index in [-0.39, 0.29) is 12.4 Å². The molecule has 1 fully saturated rings. The molecule has 1 aliphatic carbocycles. The number of anilines is 2. The normalized spacial score (nSPS) is 18.6. The number of hydrogen-bond donors (Lipinski definition) is 3. The maximum atomic E-state index is 13.1. The van der Waals surface area contributed by atoms with Crippen molar-refractivity contribution in [3.63, 3.8) is 0 Å². The fraction of sp³-hybridized carbons (Fsp3) is 0.250. The van der Waals surface area contributed by atoms with Gasteiger partial charge in [-0.05, 0) is 0 Å². The van der Waals surface area contributed by atoms with E-state index in [2.05, 4.69) is 37.5 Å². The van der Waals surface area contributed by atoms with Gasteiger partial charge in [-0.15, -0.1) is 0 Å². The number of rotatable bonds is 3. The Balaban J connectivity index is 0.000000687. The minimum atomic E-state index is -1.03. The Morgan fingerprint density at radius 2 is 2.10 bits per heavy atom. The van der Waals surface area contributed by atoms with E-state index < -0.39 is 12.1 Å². The Hall–Kier alpha value is -3.06. The number of nitrogens with one attached hydrogen (secondary N) is 2. The first-order chi connectivity index (χ1) is 14.5. The number of hydrogen-bond acceptors (Lipinski definition) is 6. The summed E-state index contributed by atoms with van der Waals surface area (Å²) in [5.41, 5.74) is 4.11. The molecule has 2 aliphatic rings. The van der Waals surface area contributed by atoms with Crippen LogP contribution in [0.3, 0.4) is 0 Å². The zero-order chi connectivity index (χ0) is 21.3. The van der Waals surface area contributed by atoms with Crippen molar-refractivity contribution in [1.29, 1.82) is 0 Å². The Morgan fingerprint density at radius 1 is 1.33 bits per heavy atom. The third-order valence-electron chi connectivity index (χ3n) is 5.02. The quantitative estimate of drug-likeness (QED) is 0.393. The van der Waals surface area contributed by atoms with E-state index in [1.54, 1.807) is 12.3 Å². The van der Waals surface area contributed by atoms with Gasteiger partial charge >= 0.3 is 163 Å². The number of carbonyl (C=O) groups is 2. The number of nitrogens with zero attached hydrogens (tertiary/aromatic N) is 3. The zero-order valence-electron chi connectivity index (χ0n) is 15.7. The zero-order valence-corrected chi connectivity index (χ0v) is 17.5. The van der Waals surface area contributed by atoms with Crippen molar-refractivity contribution in [1.82, 2.24) is 15.0 Å². The number of carbonyl (C=O) groups excluding carboxylic acids is 1. The number of halogens is 1. The van der Waals surface area contributed by atoms with E-state index in [4.69, 9.17) is 14.9 Å². The van der Waals surface area contributed by atoms with Crippen molar-refractivity contribution >= 4 is 56.0 Å². The molecule has 2 unspecified atom stereocenters. The average molecular weight is 469 g/mol. The van der Waals surface area contributed by atoms with Crippen molar-refractivity contribution in [2.24, 2.45) is 5.92 Å². The summed E-state index contributed by atoms with van der Waals surface area (Å²) >= 11 is 2.47. The third-order valence-corrected chi connectivity index (χ3v) is 5.74. The van der Waals surface area contributed by atoms with Gasteiger partial charge in [0.1, 0.15) is 0 Å². The molecular weight excluding hydrogens is 452 g/mol. The van der Waals surface area contributed by atoms with Crippen molar-refractivity contribution in [3.05, 3.63) is 36.3 Å². The van der Waals surface area contributed by atoms with E-state index >= 15 is 0 Å². The monoisotopic (exact) mass is 469 g/mol. The molecule has 2 radical (unpaired) electrons. The van der Waals surface area contributed by atoms with E-state index in [1.807, 2.05) is 18.5 Å². The molecule has 1 amide bonds. The van der Waals surface area contributed by atoms with Gasteiger partial charge in [0.15, 0.2) is 0 Å². The summed E-state index contributed by atoms with van der Waals surface area (Å²) in [7, 11) is 0. The van der Waals surface area contributed by atoms with Gasteiger partial charge in [-0.3, -0.25) is 4.79 Å². The van der Waals surface area contributed by atoms with E-state index in [1.165, 1.54) is 5.56 Å². The number of fused-ring (bicyclic) bond motifs is 2. The van der Waals surface area contributed by atoms with Crippen molar-refractivity contribution in [2.75, 3.05) is 17.2 Å². The molecule has 0 bridgehead atoms. The van der Waals surface area contributed by atoms with Crippen LogP contribution < -0.4 is 15.1 Å². The van der Waals surface area contributed by atoms with Gasteiger partial charge in [-0.1, -0.05) is 0 Å². The van der Waals surface area contributed by atoms with Crippen LogP contribution in [0.15, 0.2) is 30.7 Å². The van der Waals surface area contributed by atoms with Crippen molar-refractivity contribution < 1.29 is 19.1 Å². The fourth-order valence-corrected chi connectivity index (χ4v) is 4.06. The second-order valence-corrected chi connectivity index (χ2v) is 7.85. The molecule has 10 heteroatoms. The summed E-state index contributed by atoms with van der Waals surface area (Å²) in [6.45, 7) is 0.646. The molecule has 0 spiro atoms. The van der Waals surface area contributed by atoms with Crippen LogP contribution in [-0.2, 0) is 16.0 Å². The predicted octanol–water partition coefficient (Wildman–Crippen LogP) is 1.45. The van der Waals surface area contributed by atoms with Crippen LogP contribution in [0, 0.1) is 5.92 Å². The molecule has 0 saturated heterocycles. The van der Waals surface area contributed by atoms with Crippen molar-refractivity contribution in [3.8, 4) is 11.3 Å². The smallest absolute Gasteiger partial charge is 0.290 e. The van der Waals surface area contributed by atoms with Gasteiger partial charge in [0.25, 0.3) is 6.47 Å². The van der Waals surface area contributed by atoms with Gasteiger partial charge in [0.05, 0.1) is 0 Å². The SMILES string of the molecule is O=C(Nc1cc2cc(-c3cncc4c3CCN4)nc([As])c2cn1)C1CC1F.O=CO. The van der Waals surface area contributed by atoms with Gasteiger partial charge in [0, 0.05) is 0 Å². The van der Waals surface area contributed by atoms with E-state index in [0.717, 1.165) is 45.2 Å². The molecule has 2 atom stereocenters. The standard InChI is InChI=1S/C19H15AsFN5O.CH2O2/c20-18-12-7-24-17(26-19(27)11-5-14(11)21)4-9(12)3-15(25-18)13-6-22-8-16-10(13)1-2-23-16;2-1-3/h3-4,6-8,11,14,23H,1-2,5H2,(H,24,26,27);1H,(H,2,3). The molecule has 3 aromatic heterocycles. The first-order valence-electron chi connectivity index (χ1n) is 9.25. The second-order valence-electron chi connectivity index (χ2n) is 6.96. The van der Waals surface area contributed by atoms with Gasteiger partial charge in [0.2, 0.25) is 0 Å². The molecule has 152 valence electrons. The molecule has 3 aromatic rings. The van der Waals surface area contributed by atoms with Crippen molar-refractivity contribution in [2.45, 2.75) is 19.0 Å². The Labute approximate surface area is 179 Å². The van der Waals surface area contributed by atoms with Crippen LogP contribution in [-0.4, -0.2) is 62.0 Å². The van der Waals surface area contributed by atoms with Crippen LogP contribution in [0.1, 0.15) is 12.0 Å². The molecule has 30 heavy (non-hydrogen) atoms. The minimum absolute atomic E-state index is 0.250. The van der Waals surface area contributed by atoms with Crippen LogP contribution in [0.4, 0.5) is 15.9 Å². The second kappa shape index (κ2) is 8.36. The van der Waals surface area contributed by atoms with Crippen LogP contribution in [0.25, 0.3) is 22.0 Å². The number of alkyl halides is 1. The molecule has 1 saturated carbocycles. The summed E-state index contributed by atoms with van der Waals surface area (Å²) in [4.78, 5) is 33.7. The first-order valence-corrected chi connectivity index (χ1v) is 10.2.